The maximum absolute atomic E-state index is 13.0. The lowest BCUT2D eigenvalue weighted by Gasteiger charge is -2.30. The van der Waals surface area contributed by atoms with E-state index in [0.29, 0.717) is 29.7 Å². The van der Waals surface area contributed by atoms with Crippen LogP contribution >= 0.6 is 11.6 Å². The average Bonchev–Trinajstić information content (AvgIpc) is 2.79. The van der Waals surface area contributed by atoms with E-state index in [1.165, 1.54) is 11.1 Å². The molecule has 2 aliphatic heterocycles. The van der Waals surface area contributed by atoms with Gasteiger partial charge >= 0.3 is 0 Å². The molecule has 2 aromatic carbocycles. The molecule has 1 aromatic heterocycles. The standard InChI is InChI=1S/C23H20ClN5O3/c24-15-5-7-16(8-6-15)25-21(31)17-11-18(30)26-20-19(17)22(32)28-23(27-20)29-10-9-13-3-1-2-4-14(13)12-29/h1-8,17H,9-12H2,(H,25,31)(H2,26,27,28,30,32)/t17-/m0/s1. The highest BCUT2D eigenvalue weighted by molar-refractivity contribution is 6.30. The van der Waals surface area contributed by atoms with Crippen molar-refractivity contribution in [3.8, 4) is 0 Å². The Balaban J connectivity index is 1.44. The molecule has 9 heteroatoms. The molecule has 0 spiro atoms. The third-order valence-corrected chi connectivity index (χ3v) is 6.05. The van der Waals surface area contributed by atoms with Crippen LogP contribution < -0.4 is 21.1 Å². The summed E-state index contributed by atoms with van der Waals surface area (Å²) >= 11 is 5.89. The Kier molecular flexibility index (Phi) is 5.14. The zero-order valence-electron chi connectivity index (χ0n) is 17.0. The fourth-order valence-electron chi connectivity index (χ4n) is 4.17. The lowest BCUT2D eigenvalue weighted by atomic mass is 9.92. The Morgan fingerprint density at radius 3 is 2.62 bits per heavy atom. The molecule has 162 valence electrons. The first-order chi connectivity index (χ1) is 15.5. The van der Waals surface area contributed by atoms with Gasteiger partial charge in [-0.3, -0.25) is 19.4 Å². The number of rotatable bonds is 3. The third-order valence-electron chi connectivity index (χ3n) is 5.80. The van der Waals surface area contributed by atoms with Crippen LogP contribution in [-0.4, -0.2) is 28.3 Å². The second kappa shape index (κ2) is 8.12. The van der Waals surface area contributed by atoms with E-state index in [0.717, 1.165) is 6.42 Å². The summed E-state index contributed by atoms with van der Waals surface area (Å²) in [6, 6.07) is 14.8. The number of benzene rings is 2. The van der Waals surface area contributed by atoms with Gasteiger partial charge in [0.15, 0.2) is 0 Å². The van der Waals surface area contributed by atoms with E-state index < -0.39 is 17.4 Å². The zero-order valence-corrected chi connectivity index (χ0v) is 17.8. The summed E-state index contributed by atoms with van der Waals surface area (Å²) < 4.78 is 0. The van der Waals surface area contributed by atoms with Gasteiger partial charge in [-0.15, -0.1) is 0 Å². The van der Waals surface area contributed by atoms with Crippen molar-refractivity contribution in [1.82, 2.24) is 9.97 Å². The summed E-state index contributed by atoms with van der Waals surface area (Å²) in [6.45, 7) is 1.29. The molecular formula is C23H20ClN5O3. The van der Waals surface area contributed by atoms with E-state index in [1.54, 1.807) is 24.3 Å². The number of carbonyl (C=O) groups excluding carboxylic acids is 2. The number of nitrogens with zero attached hydrogens (tertiary/aromatic N) is 2. The fourth-order valence-corrected chi connectivity index (χ4v) is 4.30. The van der Waals surface area contributed by atoms with Gasteiger partial charge in [-0.25, -0.2) is 0 Å². The van der Waals surface area contributed by atoms with Gasteiger partial charge in [0.05, 0.1) is 11.5 Å². The molecule has 1 atom stereocenters. The highest BCUT2D eigenvalue weighted by Crippen LogP contribution is 2.31. The van der Waals surface area contributed by atoms with E-state index >= 15 is 0 Å². The summed E-state index contributed by atoms with van der Waals surface area (Å²) in [6.07, 6.45) is 0.697. The number of fused-ring (bicyclic) bond motifs is 2. The van der Waals surface area contributed by atoms with Crippen LogP contribution in [0.15, 0.2) is 53.3 Å². The van der Waals surface area contributed by atoms with Crippen LogP contribution in [0, 0.1) is 0 Å². The first-order valence-corrected chi connectivity index (χ1v) is 10.7. The molecule has 0 bridgehead atoms. The largest absolute Gasteiger partial charge is 0.338 e. The maximum atomic E-state index is 13.0. The number of anilines is 3. The molecule has 8 nitrogen and oxygen atoms in total. The number of aromatic amines is 1. The van der Waals surface area contributed by atoms with Crippen LogP contribution in [-0.2, 0) is 22.6 Å². The highest BCUT2D eigenvalue weighted by atomic mass is 35.5. The van der Waals surface area contributed by atoms with Crippen molar-refractivity contribution in [3.63, 3.8) is 0 Å². The van der Waals surface area contributed by atoms with Crippen LogP contribution in [0.25, 0.3) is 0 Å². The number of carbonyl (C=O) groups is 2. The second-order valence-electron chi connectivity index (χ2n) is 7.89. The second-order valence-corrected chi connectivity index (χ2v) is 8.33. The quantitative estimate of drug-likeness (QED) is 0.569. The lowest BCUT2D eigenvalue weighted by Crippen LogP contribution is -2.38. The Morgan fingerprint density at radius 2 is 1.84 bits per heavy atom. The minimum Gasteiger partial charge on any atom is -0.338 e. The van der Waals surface area contributed by atoms with Crippen LogP contribution in [0.1, 0.15) is 29.0 Å². The molecule has 2 amide bonds. The van der Waals surface area contributed by atoms with Gasteiger partial charge in [0.1, 0.15) is 5.82 Å². The Bertz CT molecular complexity index is 1270. The van der Waals surface area contributed by atoms with E-state index in [2.05, 4.69) is 32.7 Å². The van der Waals surface area contributed by atoms with Gasteiger partial charge in [-0.05, 0) is 41.8 Å². The summed E-state index contributed by atoms with van der Waals surface area (Å²) in [5.74, 6) is -1.24. The van der Waals surface area contributed by atoms with Crippen LogP contribution in [0.2, 0.25) is 5.02 Å². The third kappa shape index (κ3) is 3.85. The number of hydrogen-bond acceptors (Lipinski definition) is 5. The minimum atomic E-state index is -0.943. The van der Waals surface area contributed by atoms with Crippen molar-refractivity contribution in [1.29, 1.82) is 0 Å². The van der Waals surface area contributed by atoms with E-state index in [9.17, 15) is 14.4 Å². The number of aromatic nitrogens is 2. The first-order valence-electron chi connectivity index (χ1n) is 10.3. The number of amides is 2. The summed E-state index contributed by atoms with van der Waals surface area (Å²) in [5, 5.41) is 5.95. The van der Waals surface area contributed by atoms with Crippen LogP contribution in [0.5, 0.6) is 0 Å². The first kappa shape index (κ1) is 20.3. The Labute approximate surface area is 188 Å². The SMILES string of the molecule is O=C1C[C@H](C(=O)Nc2ccc(Cl)cc2)c2c(nc(N3CCc4ccccc4C3)[nH]c2=O)N1. The molecule has 5 rings (SSSR count). The Hall–Kier alpha value is -3.65. The zero-order chi connectivity index (χ0) is 22.2. The van der Waals surface area contributed by atoms with Crippen molar-refractivity contribution < 1.29 is 9.59 Å². The van der Waals surface area contributed by atoms with Gasteiger partial charge in [-0.2, -0.15) is 4.98 Å². The normalized spacial score (nSPS) is 17.2. The predicted octanol–water partition coefficient (Wildman–Crippen LogP) is 3.05. The molecule has 0 saturated carbocycles. The van der Waals surface area contributed by atoms with Crippen molar-refractivity contribution >= 4 is 40.9 Å². The van der Waals surface area contributed by atoms with E-state index in [4.69, 9.17) is 11.6 Å². The maximum Gasteiger partial charge on any atom is 0.258 e. The highest BCUT2D eigenvalue weighted by Gasteiger charge is 2.35. The smallest absolute Gasteiger partial charge is 0.258 e. The minimum absolute atomic E-state index is 0.131. The summed E-state index contributed by atoms with van der Waals surface area (Å²) in [7, 11) is 0. The van der Waals surface area contributed by atoms with Crippen molar-refractivity contribution in [2.24, 2.45) is 0 Å². The van der Waals surface area contributed by atoms with Crippen molar-refractivity contribution in [3.05, 3.63) is 80.6 Å². The van der Waals surface area contributed by atoms with Crippen molar-refractivity contribution in [2.75, 3.05) is 22.1 Å². The van der Waals surface area contributed by atoms with Gasteiger partial charge in [0, 0.05) is 30.2 Å². The number of nitrogens with one attached hydrogen (secondary N) is 3. The molecule has 32 heavy (non-hydrogen) atoms. The molecule has 2 aliphatic rings. The fraction of sp³-hybridized carbons (Fsp3) is 0.217. The van der Waals surface area contributed by atoms with E-state index in [1.807, 2.05) is 17.0 Å². The monoisotopic (exact) mass is 449 g/mol. The van der Waals surface area contributed by atoms with Crippen LogP contribution in [0.3, 0.4) is 0 Å². The molecule has 0 unspecified atom stereocenters. The molecule has 3 heterocycles. The van der Waals surface area contributed by atoms with Gasteiger partial charge in [-0.1, -0.05) is 35.9 Å². The number of H-pyrrole nitrogens is 1. The molecule has 3 N–H and O–H groups in total. The lowest BCUT2D eigenvalue weighted by molar-refractivity contribution is -0.123. The molecule has 3 aromatic rings. The summed E-state index contributed by atoms with van der Waals surface area (Å²) in [5.41, 5.74) is 2.71. The number of hydrogen-bond donors (Lipinski definition) is 3. The molecule has 0 radical (unpaired) electrons. The molecular weight excluding hydrogens is 430 g/mol. The molecule has 0 fully saturated rings. The van der Waals surface area contributed by atoms with Crippen LogP contribution in [0.4, 0.5) is 17.5 Å². The van der Waals surface area contributed by atoms with Gasteiger partial charge in [0.2, 0.25) is 17.8 Å². The topological polar surface area (TPSA) is 107 Å². The van der Waals surface area contributed by atoms with Gasteiger partial charge < -0.3 is 15.5 Å². The summed E-state index contributed by atoms with van der Waals surface area (Å²) in [4.78, 5) is 47.6. The van der Waals surface area contributed by atoms with Gasteiger partial charge in [0.25, 0.3) is 5.56 Å². The van der Waals surface area contributed by atoms with Crippen molar-refractivity contribution in [2.45, 2.75) is 25.3 Å². The van der Waals surface area contributed by atoms with E-state index in [-0.39, 0.29) is 23.7 Å². The number of halogens is 1. The predicted molar refractivity (Wildman–Crippen MR) is 122 cm³/mol. The average molecular weight is 450 g/mol. The molecule has 0 aliphatic carbocycles. The molecule has 0 saturated heterocycles. The Morgan fingerprint density at radius 1 is 1.09 bits per heavy atom.